The molecule has 3 rings (SSSR count). The number of esters is 1. The van der Waals surface area contributed by atoms with Gasteiger partial charge in [-0.05, 0) is 31.9 Å². The monoisotopic (exact) mass is 321 g/mol. The molecule has 23 heavy (non-hydrogen) atoms. The molecule has 1 saturated heterocycles. The van der Waals surface area contributed by atoms with Crippen LogP contribution in [-0.2, 0) is 24.4 Å². The highest BCUT2D eigenvalue weighted by Gasteiger charge is 2.52. The van der Waals surface area contributed by atoms with E-state index in [4.69, 9.17) is 18.9 Å². The minimum atomic E-state index is -0.733. The molecule has 0 radical (unpaired) electrons. The molecule has 0 aromatic carbocycles. The molecule has 2 heterocycles. The third kappa shape index (κ3) is 2.93. The first-order valence-electron chi connectivity index (χ1n) is 8.10. The van der Waals surface area contributed by atoms with Crippen molar-refractivity contribution in [2.75, 3.05) is 26.9 Å². The maximum atomic E-state index is 12.7. The first kappa shape index (κ1) is 16.2. The Morgan fingerprint density at radius 1 is 1.22 bits per heavy atom. The number of rotatable bonds is 4. The van der Waals surface area contributed by atoms with Crippen LogP contribution in [0.4, 0.5) is 0 Å². The van der Waals surface area contributed by atoms with E-state index in [0.717, 1.165) is 5.69 Å². The van der Waals surface area contributed by atoms with Gasteiger partial charge in [-0.2, -0.15) is 0 Å². The van der Waals surface area contributed by atoms with E-state index >= 15 is 0 Å². The molecular weight excluding hydrogens is 298 g/mol. The average Bonchev–Trinajstić information content (AvgIpc) is 3.04. The van der Waals surface area contributed by atoms with Gasteiger partial charge in [0.25, 0.3) is 0 Å². The van der Waals surface area contributed by atoms with Gasteiger partial charge in [0.1, 0.15) is 11.2 Å². The van der Waals surface area contributed by atoms with E-state index in [1.807, 2.05) is 19.1 Å². The Balaban J connectivity index is 1.87. The van der Waals surface area contributed by atoms with Gasteiger partial charge in [0, 0.05) is 12.8 Å². The quantitative estimate of drug-likeness (QED) is 0.792. The third-order valence-corrected chi connectivity index (χ3v) is 4.81. The molecule has 2 fully saturated rings. The molecule has 1 spiro atoms. The lowest BCUT2D eigenvalue weighted by atomic mass is 9.69. The number of pyridine rings is 1. The number of carbonyl (C=O) groups is 1. The second-order valence-electron chi connectivity index (χ2n) is 5.99. The van der Waals surface area contributed by atoms with Gasteiger partial charge in [-0.25, -0.2) is 0 Å². The average molecular weight is 321 g/mol. The third-order valence-electron chi connectivity index (χ3n) is 4.81. The van der Waals surface area contributed by atoms with Crippen LogP contribution >= 0.6 is 0 Å². The SMILES string of the molecule is CCOC(=O)C1(c2ccc(OC)cn2)CCC2(CC1)OCCO2. The maximum Gasteiger partial charge on any atom is 0.318 e. The predicted octanol–water partition coefficient (Wildman–Crippen LogP) is 2.21. The fraction of sp³-hybridized carbons (Fsp3) is 0.647. The van der Waals surface area contributed by atoms with Gasteiger partial charge in [0.2, 0.25) is 0 Å². The second kappa shape index (κ2) is 6.45. The fourth-order valence-corrected chi connectivity index (χ4v) is 3.46. The smallest absolute Gasteiger partial charge is 0.318 e. The lowest BCUT2D eigenvalue weighted by molar-refractivity contribution is -0.191. The number of nitrogens with zero attached hydrogens (tertiary/aromatic N) is 1. The molecule has 0 unspecified atom stereocenters. The number of hydrogen-bond donors (Lipinski definition) is 0. The van der Waals surface area contributed by atoms with Crippen LogP contribution in [-0.4, -0.2) is 43.7 Å². The molecule has 1 aliphatic carbocycles. The van der Waals surface area contributed by atoms with Gasteiger partial charge >= 0.3 is 5.97 Å². The van der Waals surface area contributed by atoms with Gasteiger partial charge in [-0.1, -0.05) is 0 Å². The summed E-state index contributed by atoms with van der Waals surface area (Å²) >= 11 is 0. The largest absolute Gasteiger partial charge is 0.495 e. The van der Waals surface area contributed by atoms with Gasteiger partial charge in [0.05, 0.1) is 38.8 Å². The van der Waals surface area contributed by atoms with Gasteiger partial charge in [-0.3, -0.25) is 9.78 Å². The molecule has 0 atom stereocenters. The zero-order valence-electron chi connectivity index (χ0n) is 13.7. The lowest BCUT2D eigenvalue weighted by Crippen LogP contribution is -2.47. The van der Waals surface area contributed by atoms with Crippen LogP contribution in [0.2, 0.25) is 0 Å². The van der Waals surface area contributed by atoms with E-state index in [1.165, 1.54) is 0 Å². The number of ether oxygens (including phenoxy) is 4. The number of carbonyl (C=O) groups excluding carboxylic acids is 1. The molecule has 0 amide bonds. The van der Waals surface area contributed by atoms with E-state index in [9.17, 15) is 4.79 Å². The van der Waals surface area contributed by atoms with Crippen molar-refractivity contribution in [1.82, 2.24) is 4.98 Å². The normalized spacial score (nSPS) is 22.0. The molecule has 6 nitrogen and oxygen atoms in total. The fourth-order valence-electron chi connectivity index (χ4n) is 3.46. The summed E-state index contributed by atoms with van der Waals surface area (Å²) in [5.74, 6) is -0.0735. The van der Waals surface area contributed by atoms with Gasteiger partial charge in [-0.15, -0.1) is 0 Å². The topological polar surface area (TPSA) is 66.9 Å². The Kier molecular flexibility index (Phi) is 4.55. The van der Waals surface area contributed by atoms with Crippen LogP contribution in [0.25, 0.3) is 0 Å². The molecule has 6 heteroatoms. The van der Waals surface area contributed by atoms with Crippen molar-refractivity contribution in [2.45, 2.75) is 43.8 Å². The summed E-state index contributed by atoms with van der Waals surface area (Å²) in [5, 5.41) is 0. The summed E-state index contributed by atoms with van der Waals surface area (Å²) in [6, 6.07) is 3.68. The molecule has 1 aromatic heterocycles. The molecule has 1 aliphatic heterocycles. The van der Waals surface area contributed by atoms with Crippen molar-refractivity contribution in [3.63, 3.8) is 0 Å². The summed E-state index contributed by atoms with van der Waals surface area (Å²) in [6.45, 7) is 3.41. The van der Waals surface area contributed by atoms with Crippen LogP contribution in [0.3, 0.4) is 0 Å². The summed E-state index contributed by atoms with van der Waals surface area (Å²) in [4.78, 5) is 17.2. The Hall–Kier alpha value is -1.66. The Morgan fingerprint density at radius 2 is 1.91 bits per heavy atom. The highest BCUT2D eigenvalue weighted by Crippen LogP contribution is 2.46. The van der Waals surface area contributed by atoms with Crippen molar-refractivity contribution in [2.24, 2.45) is 0 Å². The minimum Gasteiger partial charge on any atom is -0.495 e. The van der Waals surface area contributed by atoms with E-state index in [0.29, 0.717) is 51.3 Å². The van der Waals surface area contributed by atoms with Crippen molar-refractivity contribution >= 4 is 5.97 Å². The first-order chi connectivity index (χ1) is 11.1. The highest BCUT2D eigenvalue weighted by molar-refractivity contribution is 5.82. The van der Waals surface area contributed by atoms with Crippen LogP contribution in [0, 0.1) is 0 Å². The van der Waals surface area contributed by atoms with Crippen molar-refractivity contribution in [1.29, 1.82) is 0 Å². The predicted molar refractivity (Wildman–Crippen MR) is 82.2 cm³/mol. The molecule has 2 aliphatic rings. The zero-order chi connectivity index (χ0) is 16.3. The molecule has 0 bridgehead atoms. The second-order valence-corrected chi connectivity index (χ2v) is 5.99. The van der Waals surface area contributed by atoms with Crippen LogP contribution in [0.15, 0.2) is 18.3 Å². The summed E-state index contributed by atoms with van der Waals surface area (Å²) < 4.78 is 22.1. The van der Waals surface area contributed by atoms with E-state index < -0.39 is 11.2 Å². The number of methoxy groups -OCH3 is 1. The van der Waals surface area contributed by atoms with Gasteiger partial charge < -0.3 is 18.9 Å². The lowest BCUT2D eigenvalue weighted by Gasteiger charge is -2.41. The van der Waals surface area contributed by atoms with E-state index in [-0.39, 0.29) is 5.97 Å². The first-order valence-corrected chi connectivity index (χ1v) is 8.10. The summed E-state index contributed by atoms with van der Waals surface area (Å²) in [7, 11) is 1.59. The van der Waals surface area contributed by atoms with Crippen LogP contribution in [0.5, 0.6) is 5.75 Å². The van der Waals surface area contributed by atoms with Crippen molar-refractivity contribution in [3.05, 3.63) is 24.0 Å². The van der Waals surface area contributed by atoms with E-state index in [2.05, 4.69) is 4.98 Å². The van der Waals surface area contributed by atoms with Gasteiger partial charge in [0.15, 0.2) is 5.79 Å². The van der Waals surface area contributed by atoms with Crippen molar-refractivity contribution in [3.8, 4) is 5.75 Å². The minimum absolute atomic E-state index is 0.217. The molecule has 1 saturated carbocycles. The Bertz CT molecular complexity index is 541. The maximum absolute atomic E-state index is 12.7. The Labute approximate surface area is 136 Å². The molecule has 0 N–H and O–H groups in total. The molecule has 126 valence electrons. The zero-order valence-corrected chi connectivity index (χ0v) is 13.7. The number of hydrogen-bond acceptors (Lipinski definition) is 6. The van der Waals surface area contributed by atoms with Crippen LogP contribution < -0.4 is 4.74 Å². The van der Waals surface area contributed by atoms with Crippen molar-refractivity contribution < 1.29 is 23.7 Å². The standard InChI is InChI=1S/C17H23NO5/c1-3-21-15(19)16(14-5-4-13(20-2)12-18-14)6-8-17(9-7-16)22-10-11-23-17/h4-5,12H,3,6-11H2,1-2H3. The van der Waals surface area contributed by atoms with Crippen LogP contribution in [0.1, 0.15) is 38.3 Å². The summed E-state index contributed by atoms with van der Waals surface area (Å²) in [6.07, 6.45) is 4.18. The highest BCUT2D eigenvalue weighted by atomic mass is 16.7. The number of aromatic nitrogens is 1. The van der Waals surface area contributed by atoms with E-state index in [1.54, 1.807) is 13.3 Å². The molecule has 1 aromatic rings. The summed E-state index contributed by atoms with van der Waals surface area (Å²) in [5.41, 5.74) is -0.00681. The molecular formula is C17H23NO5. The Morgan fingerprint density at radius 3 is 2.43 bits per heavy atom.